The van der Waals surface area contributed by atoms with Crippen LogP contribution < -0.4 is 5.14 Å². The number of hydrogen-bond donors (Lipinski definition) is 1. The van der Waals surface area contributed by atoms with Gasteiger partial charge in [-0.05, 0) is 50.6 Å². The number of sulfonamides is 1. The minimum atomic E-state index is -3.95. The van der Waals surface area contributed by atoms with Crippen LogP contribution in [0.2, 0.25) is 0 Å². The van der Waals surface area contributed by atoms with Gasteiger partial charge in [-0.15, -0.1) is 10.2 Å². The van der Waals surface area contributed by atoms with E-state index in [-0.39, 0.29) is 16.3 Å². The minimum Gasteiger partial charge on any atom is -0.449 e. The predicted octanol–water partition coefficient (Wildman–Crippen LogP) is 2.92. The van der Waals surface area contributed by atoms with Crippen molar-refractivity contribution < 1.29 is 22.4 Å². The van der Waals surface area contributed by atoms with E-state index in [1.165, 1.54) is 18.2 Å². The van der Waals surface area contributed by atoms with E-state index in [1.807, 2.05) is 31.2 Å². The highest BCUT2D eigenvalue weighted by molar-refractivity contribution is 7.89. The summed E-state index contributed by atoms with van der Waals surface area (Å²) in [4.78, 5) is 12.3. The van der Waals surface area contributed by atoms with E-state index < -0.39 is 22.1 Å². The van der Waals surface area contributed by atoms with Crippen LogP contribution in [0.3, 0.4) is 0 Å². The summed E-state index contributed by atoms with van der Waals surface area (Å²) in [5.74, 6) is -0.287. The number of carbonyl (C=O) groups excluding carboxylic acids is 1. The van der Waals surface area contributed by atoms with E-state index in [4.69, 9.17) is 14.3 Å². The standard InChI is InChI=1S/C19H19N3O5S/c1-11-5-4-6-14(9-11)18-22-21-17(27-18)13(3)26-19(23)15-8-7-12(2)16(10-15)28(20,24)25/h4-10,13H,1-3H3,(H2,20,24,25)/t13-/m1/s1. The van der Waals surface area contributed by atoms with E-state index in [1.54, 1.807) is 13.8 Å². The van der Waals surface area contributed by atoms with Gasteiger partial charge in [0, 0.05) is 5.56 Å². The predicted molar refractivity (Wildman–Crippen MR) is 101 cm³/mol. The third kappa shape index (κ3) is 4.26. The number of rotatable bonds is 5. The molecule has 0 radical (unpaired) electrons. The molecule has 0 spiro atoms. The summed E-state index contributed by atoms with van der Waals surface area (Å²) in [5.41, 5.74) is 2.29. The molecule has 3 aromatic rings. The lowest BCUT2D eigenvalue weighted by molar-refractivity contribution is 0.0279. The molecule has 146 valence electrons. The molecule has 2 N–H and O–H groups in total. The van der Waals surface area contributed by atoms with Crippen LogP contribution in [0.4, 0.5) is 0 Å². The molecule has 0 aliphatic rings. The van der Waals surface area contributed by atoms with E-state index in [0.717, 1.165) is 11.1 Å². The average Bonchev–Trinajstić information content (AvgIpc) is 3.11. The highest BCUT2D eigenvalue weighted by Crippen LogP contribution is 2.24. The van der Waals surface area contributed by atoms with Gasteiger partial charge < -0.3 is 9.15 Å². The number of nitrogens with two attached hydrogens (primary N) is 1. The van der Waals surface area contributed by atoms with Gasteiger partial charge in [-0.3, -0.25) is 0 Å². The first-order valence-corrected chi connectivity index (χ1v) is 9.94. The fourth-order valence-corrected chi connectivity index (χ4v) is 3.41. The maximum absolute atomic E-state index is 12.4. The van der Waals surface area contributed by atoms with Gasteiger partial charge >= 0.3 is 5.97 Å². The van der Waals surface area contributed by atoms with Crippen molar-refractivity contribution >= 4 is 16.0 Å². The molecule has 1 atom stereocenters. The molecule has 0 unspecified atom stereocenters. The summed E-state index contributed by atoms with van der Waals surface area (Å²) in [6, 6.07) is 11.7. The Bertz CT molecular complexity index is 1140. The Balaban J connectivity index is 1.78. The minimum absolute atomic E-state index is 0.0555. The number of primary sulfonamides is 1. The van der Waals surface area contributed by atoms with Gasteiger partial charge in [0.05, 0.1) is 10.5 Å². The molecule has 0 amide bonds. The molecule has 8 nitrogen and oxygen atoms in total. The van der Waals surface area contributed by atoms with Crippen LogP contribution in [0.5, 0.6) is 0 Å². The molecule has 3 rings (SSSR count). The molecule has 0 aliphatic heterocycles. The van der Waals surface area contributed by atoms with Crippen LogP contribution in [0.25, 0.3) is 11.5 Å². The summed E-state index contributed by atoms with van der Waals surface area (Å²) in [7, 11) is -3.95. The Hall–Kier alpha value is -3.04. The Morgan fingerprint density at radius 2 is 1.89 bits per heavy atom. The molecule has 0 saturated heterocycles. The summed E-state index contributed by atoms with van der Waals surface area (Å²) in [5, 5.41) is 13.1. The zero-order valence-electron chi connectivity index (χ0n) is 15.5. The van der Waals surface area contributed by atoms with Crippen molar-refractivity contribution in [3.8, 4) is 11.5 Å². The number of aromatic nitrogens is 2. The van der Waals surface area contributed by atoms with Crippen LogP contribution >= 0.6 is 0 Å². The highest BCUT2D eigenvalue weighted by atomic mass is 32.2. The second-order valence-electron chi connectivity index (χ2n) is 6.39. The molecule has 1 aromatic heterocycles. The molecular formula is C19H19N3O5S. The van der Waals surface area contributed by atoms with Gasteiger partial charge in [0.1, 0.15) is 0 Å². The third-order valence-electron chi connectivity index (χ3n) is 4.07. The van der Waals surface area contributed by atoms with Crippen molar-refractivity contribution in [3.05, 3.63) is 65.0 Å². The van der Waals surface area contributed by atoms with Gasteiger partial charge in [0.2, 0.25) is 15.9 Å². The first-order valence-electron chi connectivity index (χ1n) is 8.40. The smallest absolute Gasteiger partial charge is 0.338 e. The average molecular weight is 401 g/mol. The normalized spacial score (nSPS) is 12.6. The lowest BCUT2D eigenvalue weighted by Gasteiger charge is -2.11. The Labute approximate surface area is 162 Å². The second kappa shape index (κ2) is 7.53. The van der Waals surface area contributed by atoms with E-state index in [9.17, 15) is 13.2 Å². The monoisotopic (exact) mass is 401 g/mol. The van der Waals surface area contributed by atoms with Crippen molar-refractivity contribution in [2.45, 2.75) is 31.8 Å². The van der Waals surface area contributed by atoms with Crippen LogP contribution in [0.15, 0.2) is 51.8 Å². The molecule has 2 aromatic carbocycles. The van der Waals surface area contributed by atoms with Crippen molar-refractivity contribution in [2.24, 2.45) is 5.14 Å². The fourth-order valence-electron chi connectivity index (χ4n) is 2.61. The fraction of sp³-hybridized carbons (Fsp3) is 0.211. The maximum atomic E-state index is 12.4. The van der Waals surface area contributed by atoms with Crippen LogP contribution in [0, 0.1) is 13.8 Å². The van der Waals surface area contributed by atoms with Gasteiger partial charge in [0.25, 0.3) is 5.89 Å². The number of nitrogens with zero attached hydrogens (tertiary/aromatic N) is 2. The number of hydrogen-bond acceptors (Lipinski definition) is 7. The number of esters is 1. The van der Waals surface area contributed by atoms with Gasteiger partial charge in [-0.25, -0.2) is 18.4 Å². The number of carbonyl (C=O) groups is 1. The Kier molecular flexibility index (Phi) is 5.30. The lowest BCUT2D eigenvalue weighted by Crippen LogP contribution is -2.16. The topological polar surface area (TPSA) is 125 Å². The Morgan fingerprint density at radius 1 is 1.14 bits per heavy atom. The molecule has 0 aliphatic carbocycles. The van der Waals surface area contributed by atoms with Crippen molar-refractivity contribution in [3.63, 3.8) is 0 Å². The lowest BCUT2D eigenvalue weighted by atomic mass is 10.1. The molecule has 28 heavy (non-hydrogen) atoms. The quantitative estimate of drug-likeness (QED) is 0.651. The van der Waals surface area contributed by atoms with Gasteiger partial charge in [0.15, 0.2) is 6.10 Å². The number of aryl methyl sites for hydroxylation is 2. The van der Waals surface area contributed by atoms with Crippen LogP contribution in [0.1, 0.15) is 40.4 Å². The summed E-state index contributed by atoms with van der Waals surface area (Å²) < 4.78 is 34.2. The van der Waals surface area contributed by atoms with E-state index in [0.29, 0.717) is 11.5 Å². The SMILES string of the molecule is Cc1cccc(-c2nnc([C@@H](C)OC(=O)c3ccc(C)c(S(N)(=O)=O)c3)o2)c1. The Morgan fingerprint density at radius 3 is 2.57 bits per heavy atom. The molecular weight excluding hydrogens is 382 g/mol. The zero-order valence-corrected chi connectivity index (χ0v) is 16.4. The van der Waals surface area contributed by atoms with Gasteiger partial charge in [-0.2, -0.15) is 0 Å². The second-order valence-corrected chi connectivity index (χ2v) is 7.92. The largest absolute Gasteiger partial charge is 0.449 e. The first kappa shape index (κ1) is 19.7. The van der Waals surface area contributed by atoms with Crippen molar-refractivity contribution in [1.29, 1.82) is 0 Å². The van der Waals surface area contributed by atoms with Gasteiger partial charge in [-0.1, -0.05) is 23.8 Å². The molecule has 1 heterocycles. The summed E-state index contributed by atoms with van der Waals surface area (Å²) >= 11 is 0. The summed E-state index contributed by atoms with van der Waals surface area (Å²) in [6.07, 6.45) is -0.821. The molecule has 0 bridgehead atoms. The molecule has 0 fully saturated rings. The third-order valence-corrected chi connectivity index (χ3v) is 5.12. The number of benzene rings is 2. The first-order chi connectivity index (χ1) is 13.1. The van der Waals surface area contributed by atoms with Crippen LogP contribution in [-0.2, 0) is 14.8 Å². The van der Waals surface area contributed by atoms with E-state index in [2.05, 4.69) is 10.2 Å². The maximum Gasteiger partial charge on any atom is 0.338 e. The summed E-state index contributed by atoms with van der Waals surface area (Å²) in [6.45, 7) is 5.12. The van der Waals surface area contributed by atoms with Crippen molar-refractivity contribution in [1.82, 2.24) is 10.2 Å². The molecule has 9 heteroatoms. The number of ether oxygens (including phenoxy) is 1. The van der Waals surface area contributed by atoms with Crippen molar-refractivity contribution in [2.75, 3.05) is 0 Å². The zero-order chi connectivity index (χ0) is 20.5. The highest BCUT2D eigenvalue weighted by Gasteiger charge is 2.22. The van der Waals surface area contributed by atoms with E-state index >= 15 is 0 Å². The molecule has 0 saturated carbocycles. The van der Waals surface area contributed by atoms with Crippen LogP contribution in [-0.4, -0.2) is 24.6 Å².